The van der Waals surface area contributed by atoms with Crippen molar-refractivity contribution in [2.45, 2.75) is 44.1 Å². The van der Waals surface area contributed by atoms with Crippen LogP contribution in [0.1, 0.15) is 37.7 Å². The average Bonchev–Trinajstić information content (AvgIpc) is 3.16. The van der Waals surface area contributed by atoms with Crippen LogP contribution in [0.2, 0.25) is 0 Å². The molecule has 3 heterocycles. The molecule has 0 aromatic carbocycles. The van der Waals surface area contributed by atoms with Gasteiger partial charge in [-0.1, -0.05) is 23.8 Å². The van der Waals surface area contributed by atoms with Crippen LogP contribution in [0.3, 0.4) is 0 Å². The summed E-state index contributed by atoms with van der Waals surface area (Å²) in [6, 6.07) is 1.87. The minimum atomic E-state index is -0.0615. The van der Waals surface area contributed by atoms with E-state index >= 15 is 0 Å². The summed E-state index contributed by atoms with van der Waals surface area (Å²) in [7, 11) is 0. The normalized spacial score (nSPS) is 12.9. The summed E-state index contributed by atoms with van der Waals surface area (Å²) in [4.78, 5) is 21.4. The second kappa shape index (κ2) is 6.21. The molecule has 116 valence electrons. The number of thioether (sulfide) groups is 1. The Balaban J connectivity index is 1.97. The Morgan fingerprint density at radius 3 is 2.91 bits per heavy atom. The van der Waals surface area contributed by atoms with E-state index in [0.29, 0.717) is 28.1 Å². The lowest BCUT2D eigenvalue weighted by atomic mass is 10.4. The van der Waals surface area contributed by atoms with Gasteiger partial charge in [-0.2, -0.15) is 4.98 Å². The molecule has 0 amide bonds. The van der Waals surface area contributed by atoms with Gasteiger partial charge in [-0.15, -0.1) is 11.3 Å². The summed E-state index contributed by atoms with van der Waals surface area (Å²) in [5.74, 6) is 1.25. The van der Waals surface area contributed by atoms with Gasteiger partial charge in [0.05, 0.1) is 10.8 Å². The molecular weight excluding hydrogens is 320 g/mol. The number of nitrogens with zero attached hydrogens (tertiary/aromatic N) is 4. The van der Waals surface area contributed by atoms with E-state index in [2.05, 4.69) is 15.1 Å². The molecule has 0 bridgehead atoms. The Labute approximate surface area is 135 Å². The van der Waals surface area contributed by atoms with Crippen molar-refractivity contribution in [1.29, 1.82) is 0 Å². The molecule has 8 heteroatoms. The molecule has 0 fully saturated rings. The van der Waals surface area contributed by atoms with Gasteiger partial charge in [-0.25, -0.2) is 4.98 Å². The smallest absolute Gasteiger partial charge is 0.272 e. The van der Waals surface area contributed by atoms with Gasteiger partial charge in [0.1, 0.15) is 4.70 Å². The molecule has 3 aromatic heterocycles. The van der Waals surface area contributed by atoms with Gasteiger partial charge in [-0.05, 0) is 25.3 Å². The summed E-state index contributed by atoms with van der Waals surface area (Å²) in [6.45, 7) is 6.48. The Kier molecular flexibility index (Phi) is 4.30. The van der Waals surface area contributed by atoms with E-state index in [0.717, 1.165) is 11.9 Å². The van der Waals surface area contributed by atoms with Gasteiger partial charge in [0, 0.05) is 13.0 Å². The fourth-order valence-corrected chi connectivity index (χ4v) is 3.86. The Morgan fingerprint density at radius 2 is 2.23 bits per heavy atom. The van der Waals surface area contributed by atoms with E-state index in [4.69, 9.17) is 4.52 Å². The zero-order valence-corrected chi connectivity index (χ0v) is 14.2. The summed E-state index contributed by atoms with van der Waals surface area (Å²) in [6.07, 6.45) is 0.736. The minimum absolute atomic E-state index is 0.0111. The first-order chi connectivity index (χ1) is 10.6. The molecule has 0 N–H and O–H groups in total. The standard InChI is InChI=1S/C14H16N4O2S2/c1-4-10-16-12(20-17-10)8(3)22-14-15-9-6-7-21-11(9)13(19)18(14)5-2/h6-8H,4-5H2,1-3H3. The number of hydrogen-bond acceptors (Lipinski definition) is 7. The molecule has 1 atom stereocenters. The number of fused-ring (bicyclic) bond motifs is 1. The van der Waals surface area contributed by atoms with Crippen LogP contribution in [-0.2, 0) is 13.0 Å². The summed E-state index contributed by atoms with van der Waals surface area (Å²) in [5, 5.41) is 6.42. The SMILES string of the molecule is CCc1noc(C(C)Sc2nc3ccsc3c(=O)n2CC)n1. The summed E-state index contributed by atoms with van der Waals surface area (Å²) >= 11 is 2.89. The van der Waals surface area contributed by atoms with E-state index in [9.17, 15) is 4.79 Å². The lowest BCUT2D eigenvalue weighted by Gasteiger charge is -2.11. The first-order valence-electron chi connectivity index (χ1n) is 7.11. The Hall–Kier alpha value is -1.67. The van der Waals surface area contributed by atoms with Crippen LogP contribution in [-0.4, -0.2) is 19.7 Å². The van der Waals surface area contributed by atoms with Crippen molar-refractivity contribution in [1.82, 2.24) is 19.7 Å². The lowest BCUT2D eigenvalue weighted by Crippen LogP contribution is -2.21. The molecule has 3 rings (SSSR count). The van der Waals surface area contributed by atoms with Crippen molar-refractivity contribution < 1.29 is 4.52 Å². The zero-order chi connectivity index (χ0) is 15.7. The van der Waals surface area contributed by atoms with Gasteiger partial charge in [0.15, 0.2) is 11.0 Å². The third-order valence-corrected chi connectivity index (χ3v) is 5.25. The van der Waals surface area contributed by atoms with Crippen molar-refractivity contribution in [2.75, 3.05) is 0 Å². The highest BCUT2D eigenvalue weighted by Crippen LogP contribution is 2.33. The largest absolute Gasteiger partial charge is 0.338 e. The van der Waals surface area contributed by atoms with Crippen LogP contribution in [0.25, 0.3) is 10.2 Å². The molecule has 0 radical (unpaired) electrons. The zero-order valence-electron chi connectivity index (χ0n) is 12.6. The molecule has 0 spiro atoms. The van der Waals surface area contributed by atoms with E-state index in [1.807, 2.05) is 32.2 Å². The monoisotopic (exact) mass is 336 g/mol. The summed E-state index contributed by atoms with van der Waals surface area (Å²) < 4.78 is 7.66. The van der Waals surface area contributed by atoms with Crippen molar-refractivity contribution >= 4 is 33.3 Å². The molecule has 22 heavy (non-hydrogen) atoms. The third kappa shape index (κ3) is 2.68. The van der Waals surface area contributed by atoms with Gasteiger partial charge in [0.25, 0.3) is 5.56 Å². The maximum absolute atomic E-state index is 12.5. The molecule has 1 unspecified atom stereocenters. The second-order valence-electron chi connectivity index (χ2n) is 4.74. The second-order valence-corrected chi connectivity index (χ2v) is 6.97. The van der Waals surface area contributed by atoms with Crippen LogP contribution < -0.4 is 5.56 Å². The number of hydrogen-bond donors (Lipinski definition) is 0. The molecule has 0 saturated carbocycles. The lowest BCUT2D eigenvalue weighted by molar-refractivity contribution is 0.375. The number of aromatic nitrogens is 4. The summed E-state index contributed by atoms with van der Waals surface area (Å²) in [5.41, 5.74) is 0.756. The fraction of sp³-hybridized carbons (Fsp3) is 0.429. The van der Waals surface area contributed by atoms with E-state index < -0.39 is 0 Å². The molecular formula is C14H16N4O2S2. The molecule has 0 saturated heterocycles. The molecule has 3 aromatic rings. The maximum Gasteiger partial charge on any atom is 0.272 e. The third-order valence-electron chi connectivity index (χ3n) is 3.28. The van der Waals surface area contributed by atoms with E-state index in [-0.39, 0.29) is 10.8 Å². The van der Waals surface area contributed by atoms with Crippen molar-refractivity contribution in [3.8, 4) is 0 Å². The van der Waals surface area contributed by atoms with Crippen molar-refractivity contribution in [2.24, 2.45) is 0 Å². The van der Waals surface area contributed by atoms with Gasteiger partial charge in [-0.3, -0.25) is 9.36 Å². The molecule has 0 aliphatic carbocycles. The fourth-order valence-electron chi connectivity index (χ4n) is 2.08. The first-order valence-corrected chi connectivity index (χ1v) is 8.87. The number of thiophene rings is 1. The number of aryl methyl sites for hydroxylation is 1. The number of rotatable bonds is 5. The van der Waals surface area contributed by atoms with Crippen LogP contribution in [0.15, 0.2) is 25.9 Å². The Bertz CT molecular complexity index is 852. The average molecular weight is 336 g/mol. The van der Waals surface area contributed by atoms with Gasteiger partial charge < -0.3 is 4.52 Å². The molecule has 6 nitrogen and oxygen atoms in total. The van der Waals surface area contributed by atoms with Crippen LogP contribution in [0.4, 0.5) is 0 Å². The van der Waals surface area contributed by atoms with Crippen molar-refractivity contribution in [3.63, 3.8) is 0 Å². The topological polar surface area (TPSA) is 73.8 Å². The molecule has 0 aliphatic heterocycles. The molecule has 0 aliphatic rings. The quantitative estimate of drug-likeness (QED) is 0.526. The minimum Gasteiger partial charge on any atom is -0.338 e. The highest BCUT2D eigenvalue weighted by atomic mass is 32.2. The van der Waals surface area contributed by atoms with Crippen LogP contribution in [0.5, 0.6) is 0 Å². The van der Waals surface area contributed by atoms with Gasteiger partial charge in [0.2, 0.25) is 5.89 Å². The Morgan fingerprint density at radius 1 is 1.41 bits per heavy atom. The highest BCUT2D eigenvalue weighted by molar-refractivity contribution is 7.99. The predicted octanol–water partition coefficient (Wildman–Crippen LogP) is 3.28. The van der Waals surface area contributed by atoms with E-state index in [1.54, 1.807) is 4.57 Å². The first kappa shape index (κ1) is 15.2. The van der Waals surface area contributed by atoms with Crippen molar-refractivity contribution in [3.05, 3.63) is 33.5 Å². The van der Waals surface area contributed by atoms with E-state index in [1.165, 1.54) is 23.1 Å². The predicted molar refractivity (Wildman–Crippen MR) is 87.5 cm³/mol. The highest BCUT2D eigenvalue weighted by Gasteiger charge is 2.19. The maximum atomic E-state index is 12.5. The van der Waals surface area contributed by atoms with Gasteiger partial charge >= 0.3 is 0 Å². The van der Waals surface area contributed by atoms with Crippen LogP contribution >= 0.6 is 23.1 Å². The van der Waals surface area contributed by atoms with Crippen LogP contribution in [0, 0.1) is 0 Å².